The van der Waals surface area contributed by atoms with Crippen LogP contribution in [0.5, 0.6) is 0 Å². The zero-order valence-corrected chi connectivity index (χ0v) is 12.3. The largest absolute Gasteiger partial charge is 0.347 e. The molecular formula is C16H24N2O. The number of hydrogen-bond acceptors (Lipinski definition) is 2. The predicted molar refractivity (Wildman–Crippen MR) is 77.9 cm³/mol. The Labute approximate surface area is 116 Å². The zero-order valence-electron chi connectivity index (χ0n) is 12.3. The van der Waals surface area contributed by atoms with Crippen molar-refractivity contribution in [3.8, 4) is 0 Å². The molecule has 2 unspecified atom stereocenters. The Hall–Kier alpha value is -1.35. The van der Waals surface area contributed by atoms with Crippen molar-refractivity contribution >= 4 is 5.91 Å². The third-order valence-electron chi connectivity index (χ3n) is 3.77. The van der Waals surface area contributed by atoms with Gasteiger partial charge in [-0.15, -0.1) is 0 Å². The molecule has 0 spiro atoms. The van der Waals surface area contributed by atoms with Crippen molar-refractivity contribution in [1.82, 2.24) is 10.2 Å². The maximum atomic E-state index is 12.0. The molecule has 3 nitrogen and oxygen atoms in total. The summed E-state index contributed by atoms with van der Waals surface area (Å²) in [6.07, 6.45) is 2.52. The number of aryl methyl sites for hydroxylation is 1. The highest BCUT2D eigenvalue weighted by Crippen LogP contribution is 2.41. The monoisotopic (exact) mass is 260 g/mol. The Balaban J connectivity index is 2.08. The zero-order chi connectivity index (χ0) is 14.0. The molecule has 0 saturated heterocycles. The molecule has 0 aliphatic heterocycles. The van der Waals surface area contributed by atoms with E-state index in [1.807, 2.05) is 6.92 Å². The highest BCUT2D eigenvalue weighted by Gasteiger charge is 2.34. The highest BCUT2D eigenvalue weighted by molar-refractivity contribution is 5.81. The van der Waals surface area contributed by atoms with Gasteiger partial charge < -0.3 is 4.90 Å². The molecule has 2 rings (SSSR count). The summed E-state index contributed by atoms with van der Waals surface area (Å²) in [5.74, 6) is 0.817. The number of benzene rings is 1. The molecule has 0 aromatic heterocycles. The molecular weight excluding hydrogens is 236 g/mol. The van der Waals surface area contributed by atoms with Crippen molar-refractivity contribution in [3.05, 3.63) is 35.4 Å². The second-order valence-corrected chi connectivity index (χ2v) is 5.85. The van der Waals surface area contributed by atoms with Gasteiger partial charge in [-0.25, -0.2) is 0 Å². The summed E-state index contributed by atoms with van der Waals surface area (Å²) >= 11 is 0. The lowest BCUT2D eigenvalue weighted by molar-refractivity contribution is -0.130. The third-order valence-corrected chi connectivity index (χ3v) is 3.77. The number of hydrogen-bond donors (Lipinski definition) is 1. The van der Waals surface area contributed by atoms with E-state index in [9.17, 15) is 4.79 Å². The Kier molecular flexibility index (Phi) is 4.25. The number of nitrogens with zero attached hydrogens (tertiary/aromatic N) is 1. The molecule has 104 valence electrons. The van der Waals surface area contributed by atoms with Crippen LogP contribution in [0.4, 0.5) is 0 Å². The van der Waals surface area contributed by atoms with Gasteiger partial charge in [0.05, 0.1) is 6.04 Å². The molecule has 0 bridgehead atoms. The molecule has 1 fully saturated rings. The van der Waals surface area contributed by atoms with Crippen molar-refractivity contribution in [1.29, 1.82) is 0 Å². The molecule has 0 radical (unpaired) electrons. The van der Waals surface area contributed by atoms with Gasteiger partial charge in [-0.3, -0.25) is 10.1 Å². The second kappa shape index (κ2) is 5.74. The molecule has 1 aromatic rings. The van der Waals surface area contributed by atoms with Crippen LogP contribution in [0.3, 0.4) is 0 Å². The minimum atomic E-state index is -0.137. The molecule has 1 aromatic carbocycles. The molecule has 1 N–H and O–H groups in total. The van der Waals surface area contributed by atoms with Crippen LogP contribution >= 0.6 is 0 Å². The molecule has 0 heterocycles. The second-order valence-electron chi connectivity index (χ2n) is 5.85. The summed E-state index contributed by atoms with van der Waals surface area (Å²) in [7, 11) is 3.61. The Bertz CT molecular complexity index is 435. The summed E-state index contributed by atoms with van der Waals surface area (Å²) < 4.78 is 0. The smallest absolute Gasteiger partial charge is 0.238 e. The summed E-state index contributed by atoms with van der Waals surface area (Å²) in [6, 6.07) is 8.81. The summed E-state index contributed by atoms with van der Waals surface area (Å²) in [6.45, 7) is 4.05. The number of carbonyl (C=O) groups is 1. The number of likely N-dealkylation sites (N-methyl/N-ethyl adjacent to an activating group) is 1. The quantitative estimate of drug-likeness (QED) is 0.882. The van der Waals surface area contributed by atoms with Crippen LogP contribution < -0.4 is 5.32 Å². The molecule has 1 amide bonds. The van der Waals surface area contributed by atoms with E-state index in [0.717, 1.165) is 0 Å². The lowest BCUT2D eigenvalue weighted by atomic mass is 10.00. The van der Waals surface area contributed by atoms with Crippen molar-refractivity contribution < 1.29 is 4.79 Å². The van der Waals surface area contributed by atoms with Gasteiger partial charge in [0.25, 0.3) is 0 Å². The van der Waals surface area contributed by atoms with Gasteiger partial charge in [-0.1, -0.05) is 29.8 Å². The van der Waals surface area contributed by atoms with Crippen molar-refractivity contribution in [2.75, 3.05) is 14.1 Å². The minimum absolute atomic E-state index is 0.137. The maximum Gasteiger partial charge on any atom is 0.238 e. The van der Waals surface area contributed by atoms with Gasteiger partial charge in [0.1, 0.15) is 0 Å². The Morgan fingerprint density at radius 3 is 2.32 bits per heavy atom. The van der Waals surface area contributed by atoms with Crippen LogP contribution in [-0.2, 0) is 4.79 Å². The number of amides is 1. The van der Waals surface area contributed by atoms with Crippen LogP contribution in [0, 0.1) is 12.8 Å². The summed E-state index contributed by atoms with van der Waals surface area (Å²) in [5, 5.41) is 3.50. The third kappa shape index (κ3) is 3.57. The van der Waals surface area contributed by atoms with Crippen molar-refractivity contribution in [2.45, 2.75) is 38.8 Å². The van der Waals surface area contributed by atoms with E-state index in [-0.39, 0.29) is 11.9 Å². The average molecular weight is 260 g/mol. The molecule has 19 heavy (non-hydrogen) atoms. The first-order valence-corrected chi connectivity index (χ1v) is 7.03. The lowest BCUT2D eigenvalue weighted by Gasteiger charge is -2.25. The van der Waals surface area contributed by atoms with Crippen LogP contribution in [0.15, 0.2) is 24.3 Å². The van der Waals surface area contributed by atoms with Crippen LogP contribution in [0.1, 0.15) is 36.9 Å². The molecule has 2 atom stereocenters. The van der Waals surface area contributed by atoms with Crippen LogP contribution in [0.25, 0.3) is 0 Å². The van der Waals surface area contributed by atoms with Crippen molar-refractivity contribution in [2.24, 2.45) is 5.92 Å². The van der Waals surface area contributed by atoms with E-state index < -0.39 is 0 Å². The van der Waals surface area contributed by atoms with E-state index in [2.05, 4.69) is 36.5 Å². The fourth-order valence-corrected chi connectivity index (χ4v) is 2.44. The SMILES string of the molecule is Cc1ccc(C(NC(C)C(=O)N(C)C)C2CC2)cc1. The minimum Gasteiger partial charge on any atom is -0.347 e. The first-order valence-electron chi connectivity index (χ1n) is 7.03. The molecule has 3 heteroatoms. The summed E-state index contributed by atoms with van der Waals surface area (Å²) in [4.78, 5) is 13.6. The van der Waals surface area contributed by atoms with Gasteiger partial charge in [-0.05, 0) is 38.2 Å². The Morgan fingerprint density at radius 2 is 1.84 bits per heavy atom. The number of nitrogens with one attached hydrogen (secondary N) is 1. The van der Waals surface area contributed by atoms with Gasteiger partial charge in [0.15, 0.2) is 0 Å². The first-order chi connectivity index (χ1) is 8.99. The Morgan fingerprint density at radius 1 is 1.26 bits per heavy atom. The van der Waals surface area contributed by atoms with Gasteiger partial charge in [0, 0.05) is 20.1 Å². The van der Waals surface area contributed by atoms with E-state index in [4.69, 9.17) is 0 Å². The predicted octanol–water partition coefficient (Wildman–Crippen LogP) is 2.51. The fourth-order valence-electron chi connectivity index (χ4n) is 2.44. The molecule has 1 saturated carbocycles. The normalized spacial score (nSPS) is 17.9. The lowest BCUT2D eigenvalue weighted by Crippen LogP contribution is -2.43. The van der Waals surface area contributed by atoms with E-state index in [1.54, 1.807) is 19.0 Å². The van der Waals surface area contributed by atoms with E-state index >= 15 is 0 Å². The highest BCUT2D eigenvalue weighted by atomic mass is 16.2. The van der Waals surface area contributed by atoms with E-state index in [0.29, 0.717) is 12.0 Å². The van der Waals surface area contributed by atoms with Crippen LogP contribution in [0.2, 0.25) is 0 Å². The fraction of sp³-hybridized carbons (Fsp3) is 0.562. The van der Waals surface area contributed by atoms with Gasteiger partial charge in [0.2, 0.25) is 5.91 Å². The molecule has 1 aliphatic carbocycles. The van der Waals surface area contributed by atoms with E-state index in [1.165, 1.54) is 24.0 Å². The number of rotatable bonds is 5. The summed E-state index contributed by atoms with van der Waals surface area (Å²) in [5.41, 5.74) is 2.57. The maximum absolute atomic E-state index is 12.0. The molecule has 1 aliphatic rings. The topological polar surface area (TPSA) is 32.3 Å². The van der Waals surface area contributed by atoms with Crippen LogP contribution in [-0.4, -0.2) is 30.9 Å². The standard InChI is InChI=1S/C16H24N2O/c1-11-5-7-13(8-6-11)15(14-9-10-14)17-12(2)16(19)18(3)4/h5-8,12,14-15,17H,9-10H2,1-4H3. The number of carbonyl (C=O) groups excluding carboxylic acids is 1. The first kappa shape index (κ1) is 14.1. The van der Waals surface area contributed by atoms with Gasteiger partial charge >= 0.3 is 0 Å². The van der Waals surface area contributed by atoms with Gasteiger partial charge in [-0.2, -0.15) is 0 Å². The van der Waals surface area contributed by atoms with Crippen molar-refractivity contribution in [3.63, 3.8) is 0 Å². The average Bonchev–Trinajstić information content (AvgIpc) is 3.20.